The molecule has 2 aliphatic rings. The van der Waals surface area contributed by atoms with Gasteiger partial charge in [0.25, 0.3) is 5.91 Å². The minimum absolute atomic E-state index is 0.0339. The van der Waals surface area contributed by atoms with Gasteiger partial charge in [-0.2, -0.15) is 0 Å². The molecule has 0 unspecified atom stereocenters. The summed E-state index contributed by atoms with van der Waals surface area (Å²) in [7, 11) is 0. The molecule has 8 nitrogen and oxygen atoms in total. The van der Waals surface area contributed by atoms with E-state index in [1.165, 1.54) is 0 Å². The minimum atomic E-state index is -0.397. The van der Waals surface area contributed by atoms with Crippen molar-refractivity contribution in [3.05, 3.63) is 77.2 Å². The summed E-state index contributed by atoms with van der Waals surface area (Å²) in [5, 5.41) is 6.92. The summed E-state index contributed by atoms with van der Waals surface area (Å²) >= 11 is 0. The van der Waals surface area contributed by atoms with Crippen molar-refractivity contribution >= 4 is 11.8 Å². The molecule has 2 aromatic carbocycles. The molecule has 1 N–H and O–H groups in total. The lowest BCUT2D eigenvalue weighted by atomic mass is 9.87. The number of piperazine rings is 1. The van der Waals surface area contributed by atoms with E-state index in [9.17, 15) is 9.59 Å². The van der Waals surface area contributed by atoms with Crippen LogP contribution in [0.1, 0.15) is 33.3 Å². The first kappa shape index (κ1) is 21.2. The second kappa shape index (κ2) is 9.07. The van der Waals surface area contributed by atoms with Crippen LogP contribution in [0.4, 0.5) is 0 Å². The number of para-hydroxylation sites is 2. The van der Waals surface area contributed by atoms with Gasteiger partial charge in [-0.1, -0.05) is 41.6 Å². The molecule has 170 valence electrons. The van der Waals surface area contributed by atoms with E-state index in [0.29, 0.717) is 31.1 Å². The van der Waals surface area contributed by atoms with E-state index in [1.807, 2.05) is 48.5 Å². The molecule has 0 bridgehead atoms. The van der Waals surface area contributed by atoms with Crippen LogP contribution in [0, 0.1) is 6.92 Å². The molecular formula is C25H26N4O4. The first-order chi connectivity index (χ1) is 16.1. The summed E-state index contributed by atoms with van der Waals surface area (Å²) in [4.78, 5) is 29.8. The predicted octanol–water partition coefficient (Wildman–Crippen LogP) is 2.79. The SMILES string of the molecule is Cc1cc(C(=O)N2CCN(CCNC(=O)C3c4ccccc4Oc4ccccc43)CC2)no1. The highest BCUT2D eigenvalue weighted by Gasteiger charge is 2.32. The van der Waals surface area contributed by atoms with Crippen LogP contribution in [0.15, 0.2) is 59.1 Å². The molecule has 1 aromatic heterocycles. The Morgan fingerprint density at radius 3 is 2.24 bits per heavy atom. The number of rotatable bonds is 5. The zero-order valence-corrected chi connectivity index (χ0v) is 18.5. The van der Waals surface area contributed by atoms with Crippen LogP contribution in [-0.2, 0) is 4.79 Å². The summed E-state index contributed by atoms with van der Waals surface area (Å²) in [6.45, 7) is 5.79. The van der Waals surface area contributed by atoms with Crippen LogP contribution in [-0.4, -0.2) is 66.0 Å². The number of benzene rings is 2. The largest absolute Gasteiger partial charge is 0.457 e. The maximum absolute atomic E-state index is 13.2. The summed E-state index contributed by atoms with van der Waals surface area (Å²) in [6.07, 6.45) is 0. The molecule has 1 fully saturated rings. The predicted molar refractivity (Wildman–Crippen MR) is 121 cm³/mol. The van der Waals surface area contributed by atoms with E-state index in [4.69, 9.17) is 9.26 Å². The molecule has 0 saturated carbocycles. The number of carbonyl (C=O) groups excluding carboxylic acids is 2. The zero-order valence-electron chi connectivity index (χ0n) is 18.5. The Balaban J connectivity index is 1.16. The topological polar surface area (TPSA) is 87.9 Å². The Hall–Kier alpha value is -3.65. The molecule has 33 heavy (non-hydrogen) atoms. The first-order valence-electron chi connectivity index (χ1n) is 11.2. The third kappa shape index (κ3) is 4.34. The van der Waals surface area contributed by atoms with Crippen LogP contribution in [0.5, 0.6) is 11.5 Å². The molecule has 0 radical (unpaired) electrons. The maximum atomic E-state index is 13.2. The Morgan fingerprint density at radius 2 is 1.64 bits per heavy atom. The highest BCUT2D eigenvalue weighted by molar-refractivity contribution is 5.92. The van der Waals surface area contributed by atoms with E-state index in [0.717, 1.165) is 42.3 Å². The van der Waals surface area contributed by atoms with Crippen molar-refractivity contribution in [2.45, 2.75) is 12.8 Å². The number of ether oxygens (including phenoxy) is 1. The van der Waals surface area contributed by atoms with E-state index in [1.54, 1.807) is 17.9 Å². The molecule has 3 heterocycles. The van der Waals surface area contributed by atoms with Gasteiger partial charge in [-0.3, -0.25) is 14.5 Å². The Labute approximate surface area is 192 Å². The van der Waals surface area contributed by atoms with Crippen molar-refractivity contribution in [3.8, 4) is 11.5 Å². The minimum Gasteiger partial charge on any atom is -0.457 e. The lowest BCUT2D eigenvalue weighted by Gasteiger charge is -2.34. The number of hydrogen-bond donors (Lipinski definition) is 1. The third-order valence-corrected chi connectivity index (χ3v) is 6.18. The van der Waals surface area contributed by atoms with Gasteiger partial charge in [-0.25, -0.2) is 0 Å². The van der Waals surface area contributed by atoms with Gasteiger partial charge in [-0.15, -0.1) is 0 Å². The molecule has 8 heteroatoms. The molecule has 3 aromatic rings. The van der Waals surface area contributed by atoms with Gasteiger partial charge in [0.1, 0.15) is 17.3 Å². The van der Waals surface area contributed by atoms with Crippen LogP contribution < -0.4 is 10.1 Å². The van der Waals surface area contributed by atoms with Crippen molar-refractivity contribution in [3.63, 3.8) is 0 Å². The second-order valence-electron chi connectivity index (χ2n) is 8.36. The van der Waals surface area contributed by atoms with Crippen LogP contribution in [0.3, 0.4) is 0 Å². The van der Waals surface area contributed by atoms with Crippen molar-refractivity contribution in [1.82, 2.24) is 20.3 Å². The van der Waals surface area contributed by atoms with Gasteiger partial charge < -0.3 is 19.5 Å². The smallest absolute Gasteiger partial charge is 0.276 e. The molecule has 0 aliphatic carbocycles. The highest BCUT2D eigenvalue weighted by Crippen LogP contribution is 2.43. The lowest BCUT2D eigenvalue weighted by Crippen LogP contribution is -2.50. The normalized spacial score (nSPS) is 16.0. The Morgan fingerprint density at radius 1 is 1.00 bits per heavy atom. The second-order valence-corrected chi connectivity index (χ2v) is 8.36. The van der Waals surface area contributed by atoms with Gasteiger partial charge in [0, 0.05) is 56.5 Å². The van der Waals surface area contributed by atoms with E-state index in [-0.39, 0.29) is 11.8 Å². The highest BCUT2D eigenvalue weighted by atomic mass is 16.5. The van der Waals surface area contributed by atoms with Gasteiger partial charge in [0.2, 0.25) is 5.91 Å². The quantitative estimate of drug-likeness (QED) is 0.649. The van der Waals surface area contributed by atoms with Crippen LogP contribution in [0.2, 0.25) is 0 Å². The standard InChI is InChI=1S/C25H26N4O4/c1-17-16-20(27-33-17)25(31)29-14-12-28(13-15-29)11-10-26-24(30)23-18-6-2-4-8-21(18)32-22-9-5-3-7-19(22)23/h2-9,16,23H,10-15H2,1H3,(H,26,30). The van der Waals surface area contributed by atoms with E-state index < -0.39 is 5.92 Å². The van der Waals surface area contributed by atoms with Gasteiger partial charge >= 0.3 is 0 Å². The van der Waals surface area contributed by atoms with Gasteiger partial charge in [0.05, 0.1) is 5.92 Å². The van der Waals surface area contributed by atoms with Crippen LogP contribution in [0.25, 0.3) is 0 Å². The number of aromatic nitrogens is 1. The summed E-state index contributed by atoms with van der Waals surface area (Å²) < 4.78 is 11.0. The fourth-order valence-electron chi connectivity index (χ4n) is 4.44. The maximum Gasteiger partial charge on any atom is 0.276 e. The average Bonchev–Trinajstić information content (AvgIpc) is 3.28. The molecule has 5 rings (SSSR count). The Bertz CT molecular complexity index is 1120. The summed E-state index contributed by atoms with van der Waals surface area (Å²) in [5.41, 5.74) is 2.11. The number of carbonyl (C=O) groups is 2. The Kier molecular flexibility index (Phi) is 5.83. The van der Waals surface area contributed by atoms with Crippen molar-refractivity contribution in [2.75, 3.05) is 39.3 Å². The molecule has 0 spiro atoms. The number of nitrogens with zero attached hydrogens (tertiary/aromatic N) is 3. The molecular weight excluding hydrogens is 420 g/mol. The lowest BCUT2D eigenvalue weighted by molar-refractivity contribution is -0.121. The third-order valence-electron chi connectivity index (χ3n) is 6.18. The van der Waals surface area contributed by atoms with E-state index in [2.05, 4.69) is 15.4 Å². The zero-order chi connectivity index (χ0) is 22.8. The average molecular weight is 447 g/mol. The van der Waals surface area contributed by atoms with Gasteiger partial charge in [0.15, 0.2) is 5.69 Å². The van der Waals surface area contributed by atoms with Crippen molar-refractivity contribution in [2.24, 2.45) is 0 Å². The van der Waals surface area contributed by atoms with Crippen LogP contribution >= 0.6 is 0 Å². The first-order valence-corrected chi connectivity index (χ1v) is 11.2. The fourth-order valence-corrected chi connectivity index (χ4v) is 4.44. The monoisotopic (exact) mass is 446 g/mol. The number of hydrogen-bond acceptors (Lipinski definition) is 6. The summed E-state index contributed by atoms with van der Waals surface area (Å²) in [5.74, 6) is 1.54. The number of fused-ring (bicyclic) bond motifs is 2. The number of nitrogens with one attached hydrogen (secondary N) is 1. The molecule has 2 amide bonds. The number of aryl methyl sites for hydroxylation is 1. The molecule has 0 atom stereocenters. The van der Waals surface area contributed by atoms with E-state index >= 15 is 0 Å². The van der Waals surface area contributed by atoms with Crippen molar-refractivity contribution in [1.29, 1.82) is 0 Å². The fraction of sp³-hybridized carbons (Fsp3) is 0.320. The molecule has 1 saturated heterocycles. The summed E-state index contributed by atoms with van der Waals surface area (Å²) in [6, 6.07) is 17.0. The van der Waals surface area contributed by atoms with Crippen molar-refractivity contribution < 1.29 is 18.8 Å². The molecule has 2 aliphatic heterocycles. The van der Waals surface area contributed by atoms with Gasteiger partial charge in [-0.05, 0) is 19.1 Å². The number of amides is 2.